The number of halogens is 1. The van der Waals surface area contributed by atoms with Gasteiger partial charge in [0.1, 0.15) is 0 Å². The van der Waals surface area contributed by atoms with E-state index >= 15 is 0 Å². The van der Waals surface area contributed by atoms with Gasteiger partial charge in [-0.3, -0.25) is 4.79 Å². The number of benzene rings is 1. The van der Waals surface area contributed by atoms with Crippen molar-refractivity contribution in [3.63, 3.8) is 0 Å². The summed E-state index contributed by atoms with van der Waals surface area (Å²) in [4.78, 5) is 12.2. The summed E-state index contributed by atoms with van der Waals surface area (Å²) in [7, 11) is 0. The normalized spacial score (nSPS) is 16.1. The molecule has 0 atom stereocenters. The van der Waals surface area contributed by atoms with Crippen molar-refractivity contribution in [3.05, 3.63) is 35.9 Å². The van der Waals surface area contributed by atoms with Gasteiger partial charge in [-0.15, -0.1) is 11.6 Å². The molecule has 0 unspecified atom stereocenters. The van der Waals surface area contributed by atoms with Gasteiger partial charge in [-0.05, 0) is 24.8 Å². The average Bonchev–Trinajstić information content (AvgIpc) is 3.25. The molecule has 1 saturated carbocycles. The molecule has 1 aliphatic rings. The van der Waals surface area contributed by atoms with Gasteiger partial charge < -0.3 is 10.1 Å². The van der Waals surface area contributed by atoms with E-state index in [1.54, 1.807) is 0 Å². The minimum atomic E-state index is -0.266. The van der Waals surface area contributed by atoms with Gasteiger partial charge in [-0.25, -0.2) is 0 Å². The number of carbonyl (C=O) groups excluding carboxylic acids is 1. The Morgan fingerprint density at radius 3 is 2.63 bits per heavy atom. The summed E-state index contributed by atoms with van der Waals surface area (Å²) in [6.45, 7) is 1.88. The van der Waals surface area contributed by atoms with E-state index in [4.69, 9.17) is 16.3 Å². The smallest absolute Gasteiger partial charge is 0.230 e. The monoisotopic (exact) mass is 281 g/mol. The molecule has 0 spiro atoms. The van der Waals surface area contributed by atoms with Crippen LogP contribution in [0, 0.1) is 0 Å². The minimum absolute atomic E-state index is 0.149. The molecule has 104 valence electrons. The molecule has 0 radical (unpaired) electrons. The lowest BCUT2D eigenvalue weighted by atomic mass is 9.95. The summed E-state index contributed by atoms with van der Waals surface area (Å²) in [6, 6.07) is 10.0. The molecule has 0 aliphatic heterocycles. The van der Waals surface area contributed by atoms with Crippen LogP contribution in [0.2, 0.25) is 0 Å². The molecule has 1 aromatic rings. The largest absolute Gasteiger partial charge is 0.380 e. The second-order valence-corrected chi connectivity index (χ2v) is 5.24. The zero-order valence-corrected chi connectivity index (χ0v) is 11.8. The molecule has 0 aromatic heterocycles. The van der Waals surface area contributed by atoms with Gasteiger partial charge in [0, 0.05) is 19.0 Å². The first-order valence-electron chi connectivity index (χ1n) is 6.77. The highest BCUT2D eigenvalue weighted by molar-refractivity contribution is 6.17. The van der Waals surface area contributed by atoms with Crippen molar-refractivity contribution in [1.82, 2.24) is 5.32 Å². The molecule has 3 nitrogen and oxygen atoms in total. The first-order chi connectivity index (χ1) is 9.29. The molecule has 2 rings (SSSR count). The molecule has 1 aliphatic carbocycles. The first kappa shape index (κ1) is 14.4. The fraction of sp³-hybridized carbons (Fsp3) is 0.533. The number of carbonyl (C=O) groups is 1. The van der Waals surface area contributed by atoms with Gasteiger partial charge in [-0.2, -0.15) is 0 Å². The van der Waals surface area contributed by atoms with Crippen molar-refractivity contribution in [3.8, 4) is 0 Å². The molecule has 4 heteroatoms. The van der Waals surface area contributed by atoms with Crippen molar-refractivity contribution in [2.45, 2.75) is 24.7 Å². The topological polar surface area (TPSA) is 38.3 Å². The van der Waals surface area contributed by atoms with Crippen LogP contribution in [-0.4, -0.2) is 31.5 Å². The SMILES string of the molecule is O=C(NCCCOCCCl)C1(c2ccccc2)CC1. The molecular weight excluding hydrogens is 262 g/mol. The molecular formula is C15H20ClNO2. The Bertz CT molecular complexity index is 404. The molecule has 0 heterocycles. The van der Waals surface area contributed by atoms with Gasteiger partial charge in [0.05, 0.1) is 12.0 Å². The van der Waals surface area contributed by atoms with Crippen LogP contribution in [0.3, 0.4) is 0 Å². The maximum Gasteiger partial charge on any atom is 0.230 e. The van der Waals surface area contributed by atoms with E-state index in [0.29, 0.717) is 25.6 Å². The fourth-order valence-electron chi connectivity index (χ4n) is 2.23. The van der Waals surface area contributed by atoms with Gasteiger partial charge in [-0.1, -0.05) is 30.3 Å². The third-order valence-electron chi connectivity index (χ3n) is 3.48. The molecule has 1 N–H and O–H groups in total. The number of ether oxygens (including phenoxy) is 1. The number of amides is 1. The van der Waals surface area contributed by atoms with Crippen LogP contribution in [0.1, 0.15) is 24.8 Å². The summed E-state index contributed by atoms with van der Waals surface area (Å²) < 4.78 is 5.27. The van der Waals surface area contributed by atoms with E-state index in [9.17, 15) is 4.79 Å². The third-order valence-corrected chi connectivity index (χ3v) is 3.64. The highest BCUT2D eigenvalue weighted by Crippen LogP contribution is 2.48. The van der Waals surface area contributed by atoms with E-state index < -0.39 is 0 Å². The number of rotatable bonds is 8. The van der Waals surface area contributed by atoms with Gasteiger partial charge in [0.25, 0.3) is 0 Å². The summed E-state index contributed by atoms with van der Waals surface area (Å²) in [5.41, 5.74) is 0.865. The Labute approximate surface area is 119 Å². The van der Waals surface area contributed by atoms with Crippen LogP contribution in [0.5, 0.6) is 0 Å². The van der Waals surface area contributed by atoms with Gasteiger partial charge in [0.15, 0.2) is 0 Å². The van der Waals surface area contributed by atoms with Crippen LogP contribution in [0.25, 0.3) is 0 Å². The second kappa shape index (κ2) is 6.92. The highest BCUT2D eigenvalue weighted by atomic mass is 35.5. The second-order valence-electron chi connectivity index (χ2n) is 4.86. The Balaban J connectivity index is 1.75. The molecule has 1 fully saturated rings. The first-order valence-corrected chi connectivity index (χ1v) is 7.30. The van der Waals surface area contributed by atoms with Gasteiger partial charge in [0.2, 0.25) is 5.91 Å². The van der Waals surface area contributed by atoms with Crippen LogP contribution in [-0.2, 0) is 14.9 Å². The summed E-state index contributed by atoms with van der Waals surface area (Å²) in [5.74, 6) is 0.666. The predicted octanol–water partition coefficient (Wildman–Crippen LogP) is 2.48. The number of hydrogen-bond donors (Lipinski definition) is 1. The third kappa shape index (κ3) is 3.71. The zero-order chi connectivity index (χ0) is 13.6. The van der Waals surface area contributed by atoms with E-state index in [1.165, 1.54) is 0 Å². The summed E-state index contributed by atoms with van der Waals surface area (Å²) in [6.07, 6.45) is 2.73. The maximum absolute atomic E-state index is 12.2. The Morgan fingerprint density at radius 2 is 2.00 bits per heavy atom. The van der Waals surface area contributed by atoms with E-state index in [1.807, 2.05) is 30.3 Å². The number of hydrogen-bond acceptors (Lipinski definition) is 2. The van der Waals surface area contributed by atoms with Gasteiger partial charge >= 0.3 is 0 Å². The van der Waals surface area contributed by atoms with Crippen molar-refractivity contribution >= 4 is 17.5 Å². The van der Waals surface area contributed by atoms with Crippen molar-refractivity contribution < 1.29 is 9.53 Å². The lowest BCUT2D eigenvalue weighted by Gasteiger charge is -2.15. The number of alkyl halides is 1. The fourth-order valence-corrected chi connectivity index (χ4v) is 2.34. The van der Waals surface area contributed by atoms with Crippen molar-refractivity contribution in [1.29, 1.82) is 0 Å². The van der Waals surface area contributed by atoms with E-state index in [-0.39, 0.29) is 11.3 Å². The zero-order valence-electron chi connectivity index (χ0n) is 11.0. The standard InChI is InChI=1S/C15H20ClNO2/c16-9-12-19-11-4-10-17-14(18)15(7-8-15)13-5-2-1-3-6-13/h1-3,5-6H,4,7-12H2,(H,17,18). The predicted molar refractivity (Wildman–Crippen MR) is 76.5 cm³/mol. The molecule has 0 bridgehead atoms. The van der Waals surface area contributed by atoms with Crippen LogP contribution in [0.4, 0.5) is 0 Å². The van der Waals surface area contributed by atoms with Crippen LogP contribution < -0.4 is 5.32 Å². The lowest BCUT2D eigenvalue weighted by Crippen LogP contribution is -2.35. The average molecular weight is 282 g/mol. The van der Waals surface area contributed by atoms with Crippen LogP contribution in [0.15, 0.2) is 30.3 Å². The van der Waals surface area contributed by atoms with Crippen LogP contribution >= 0.6 is 11.6 Å². The van der Waals surface area contributed by atoms with Crippen molar-refractivity contribution in [2.75, 3.05) is 25.6 Å². The molecule has 1 amide bonds. The quantitative estimate of drug-likeness (QED) is 0.587. The molecule has 1 aromatic carbocycles. The number of nitrogens with one attached hydrogen (secondary N) is 1. The molecule has 0 saturated heterocycles. The summed E-state index contributed by atoms with van der Waals surface area (Å²) >= 11 is 5.51. The van der Waals surface area contributed by atoms with E-state index in [0.717, 1.165) is 24.8 Å². The lowest BCUT2D eigenvalue weighted by molar-refractivity contribution is -0.123. The molecule has 19 heavy (non-hydrogen) atoms. The Morgan fingerprint density at radius 1 is 1.26 bits per heavy atom. The Hall–Kier alpha value is -1.06. The van der Waals surface area contributed by atoms with E-state index in [2.05, 4.69) is 5.32 Å². The maximum atomic E-state index is 12.2. The highest BCUT2D eigenvalue weighted by Gasteiger charge is 2.50. The minimum Gasteiger partial charge on any atom is -0.380 e. The summed E-state index contributed by atoms with van der Waals surface area (Å²) in [5, 5.41) is 3.01. The van der Waals surface area contributed by atoms with Crippen molar-refractivity contribution in [2.24, 2.45) is 0 Å². The Kier molecular flexibility index (Phi) is 5.23.